The molecule has 1 aromatic heterocycles. The van der Waals surface area contributed by atoms with Crippen molar-refractivity contribution in [1.82, 2.24) is 4.90 Å². The number of methoxy groups -OCH3 is 1. The number of hydrogen-bond acceptors (Lipinski definition) is 7. The second-order valence-corrected chi connectivity index (χ2v) is 8.42. The van der Waals surface area contributed by atoms with Crippen molar-refractivity contribution in [3.63, 3.8) is 0 Å². The highest BCUT2D eigenvalue weighted by atomic mass is 32.2. The van der Waals surface area contributed by atoms with Crippen LogP contribution in [0.1, 0.15) is 24.2 Å². The zero-order valence-corrected chi connectivity index (χ0v) is 17.2. The molecule has 0 aliphatic carbocycles. The van der Waals surface area contributed by atoms with E-state index in [0.717, 1.165) is 24.4 Å². The van der Waals surface area contributed by atoms with Crippen molar-refractivity contribution >= 4 is 33.0 Å². The molecule has 1 aromatic carbocycles. The largest absolute Gasteiger partial charge is 0.494 e. The van der Waals surface area contributed by atoms with Gasteiger partial charge in [0.25, 0.3) is 10.0 Å². The maximum Gasteiger partial charge on any atom is 0.338 e. The molecule has 0 bridgehead atoms. The molecule has 27 heavy (non-hydrogen) atoms. The van der Waals surface area contributed by atoms with Crippen molar-refractivity contribution in [2.45, 2.75) is 18.1 Å². The van der Waals surface area contributed by atoms with Crippen LogP contribution in [-0.4, -0.2) is 52.6 Å². The van der Waals surface area contributed by atoms with Crippen LogP contribution >= 0.6 is 11.3 Å². The fourth-order valence-corrected chi connectivity index (χ4v) is 4.73. The van der Waals surface area contributed by atoms with Crippen LogP contribution in [0.2, 0.25) is 0 Å². The molecule has 0 spiro atoms. The highest BCUT2D eigenvalue weighted by Gasteiger charge is 2.21. The van der Waals surface area contributed by atoms with Crippen molar-refractivity contribution in [3.8, 4) is 5.75 Å². The standard InChI is InChI=1S/C18H24N2O5S2/c1-4-20(5-2)11-12-25-17(21)14-6-8-15(9-7-14)19-27(22,23)18-16(24-3)10-13-26-18/h6-10,13,19H,4-5,11-12H2,1-3H3. The molecule has 0 amide bonds. The van der Waals surface area contributed by atoms with Crippen LogP contribution in [0.25, 0.3) is 0 Å². The first-order valence-corrected chi connectivity index (χ1v) is 10.9. The summed E-state index contributed by atoms with van der Waals surface area (Å²) in [4.78, 5) is 14.2. The van der Waals surface area contributed by atoms with Gasteiger partial charge < -0.3 is 14.4 Å². The lowest BCUT2D eigenvalue weighted by atomic mass is 10.2. The lowest BCUT2D eigenvalue weighted by Gasteiger charge is -2.17. The van der Waals surface area contributed by atoms with E-state index >= 15 is 0 Å². The van der Waals surface area contributed by atoms with E-state index in [4.69, 9.17) is 9.47 Å². The van der Waals surface area contributed by atoms with Crippen molar-refractivity contribution in [2.75, 3.05) is 38.1 Å². The maximum absolute atomic E-state index is 12.4. The normalized spacial score (nSPS) is 11.4. The number of nitrogens with one attached hydrogen (secondary N) is 1. The van der Waals surface area contributed by atoms with E-state index in [9.17, 15) is 13.2 Å². The lowest BCUT2D eigenvalue weighted by molar-refractivity contribution is 0.0466. The summed E-state index contributed by atoms with van der Waals surface area (Å²) < 4.78 is 37.8. The third kappa shape index (κ3) is 5.69. The molecule has 2 aromatic rings. The number of rotatable bonds is 10. The molecule has 2 rings (SSSR count). The number of sulfonamides is 1. The van der Waals surface area contributed by atoms with Crippen LogP contribution in [0.3, 0.4) is 0 Å². The van der Waals surface area contributed by atoms with Gasteiger partial charge in [-0.15, -0.1) is 11.3 Å². The Kier molecular flexibility index (Phi) is 7.64. The van der Waals surface area contributed by atoms with E-state index in [1.54, 1.807) is 11.4 Å². The van der Waals surface area contributed by atoms with Crippen LogP contribution < -0.4 is 9.46 Å². The number of hydrogen-bond donors (Lipinski definition) is 1. The van der Waals surface area contributed by atoms with Crippen molar-refractivity contribution < 1.29 is 22.7 Å². The molecule has 0 fully saturated rings. The van der Waals surface area contributed by atoms with Crippen LogP contribution in [0, 0.1) is 0 Å². The number of carbonyl (C=O) groups excluding carboxylic acids is 1. The molecule has 1 N–H and O–H groups in total. The van der Waals surface area contributed by atoms with Gasteiger partial charge in [-0.3, -0.25) is 4.72 Å². The number of benzene rings is 1. The average molecular weight is 413 g/mol. The van der Waals surface area contributed by atoms with E-state index in [2.05, 4.69) is 23.5 Å². The fraction of sp³-hybridized carbons (Fsp3) is 0.389. The van der Waals surface area contributed by atoms with E-state index < -0.39 is 16.0 Å². The molecule has 9 heteroatoms. The van der Waals surface area contributed by atoms with Crippen molar-refractivity contribution in [3.05, 3.63) is 41.3 Å². The molecule has 0 radical (unpaired) electrons. The summed E-state index contributed by atoms with van der Waals surface area (Å²) in [5.74, 6) is -0.141. The fourth-order valence-electron chi connectivity index (χ4n) is 2.40. The minimum Gasteiger partial charge on any atom is -0.494 e. The smallest absolute Gasteiger partial charge is 0.338 e. The molecule has 0 unspecified atom stereocenters. The van der Waals surface area contributed by atoms with Crippen LogP contribution in [0.4, 0.5) is 5.69 Å². The van der Waals surface area contributed by atoms with E-state index in [-0.39, 0.29) is 4.21 Å². The number of anilines is 1. The second kappa shape index (κ2) is 9.72. The van der Waals surface area contributed by atoms with Crippen LogP contribution in [0.15, 0.2) is 39.9 Å². The minimum atomic E-state index is -3.75. The minimum absolute atomic E-state index is 0.102. The molecule has 148 valence electrons. The molecule has 0 atom stereocenters. The quantitative estimate of drug-likeness (QED) is 0.604. The van der Waals surface area contributed by atoms with Gasteiger partial charge in [0.1, 0.15) is 12.4 Å². The predicted octanol–water partition coefficient (Wildman–Crippen LogP) is 3.06. The first kappa shape index (κ1) is 21.2. The molecular weight excluding hydrogens is 388 g/mol. The van der Waals surface area contributed by atoms with Gasteiger partial charge in [-0.1, -0.05) is 13.8 Å². The van der Waals surface area contributed by atoms with Crippen molar-refractivity contribution in [1.29, 1.82) is 0 Å². The van der Waals surface area contributed by atoms with Crippen LogP contribution in [-0.2, 0) is 14.8 Å². The zero-order valence-electron chi connectivity index (χ0n) is 15.6. The Hall–Kier alpha value is -2.10. The topological polar surface area (TPSA) is 84.9 Å². The maximum atomic E-state index is 12.4. The van der Waals surface area contributed by atoms with Gasteiger partial charge in [-0.05, 0) is 48.8 Å². The third-order valence-corrected chi connectivity index (χ3v) is 6.80. The Bertz CT molecular complexity index is 843. The predicted molar refractivity (Wildman–Crippen MR) is 106 cm³/mol. The Morgan fingerprint density at radius 3 is 2.41 bits per heavy atom. The van der Waals surface area contributed by atoms with Crippen molar-refractivity contribution in [2.24, 2.45) is 0 Å². The highest BCUT2D eigenvalue weighted by Crippen LogP contribution is 2.31. The first-order chi connectivity index (χ1) is 12.9. The number of esters is 1. The molecule has 0 aliphatic rings. The van der Waals surface area contributed by atoms with E-state index in [1.807, 2.05) is 0 Å². The Labute approximate surface area is 164 Å². The lowest BCUT2D eigenvalue weighted by Crippen LogP contribution is -2.27. The Morgan fingerprint density at radius 1 is 1.15 bits per heavy atom. The zero-order chi connectivity index (χ0) is 19.9. The summed E-state index contributed by atoms with van der Waals surface area (Å²) in [6, 6.07) is 7.71. The van der Waals surface area contributed by atoms with Gasteiger partial charge in [0.05, 0.1) is 12.7 Å². The summed E-state index contributed by atoms with van der Waals surface area (Å²) in [7, 11) is -2.34. The number of ether oxygens (including phenoxy) is 2. The van der Waals surface area contributed by atoms with Gasteiger partial charge in [0.2, 0.25) is 0 Å². The Balaban J connectivity index is 1.97. The third-order valence-electron chi connectivity index (χ3n) is 3.97. The SMILES string of the molecule is CCN(CC)CCOC(=O)c1ccc(NS(=O)(=O)c2sccc2OC)cc1. The average Bonchev–Trinajstić information content (AvgIpc) is 3.15. The molecule has 0 saturated heterocycles. The number of thiophene rings is 1. The molecule has 0 saturated carbocycles. The van der Waals surface area contributed by atoms with E-state index in [0.29, 0.717) is 30.2 Å². The summed E-state index contributed by atoms with van der Waals surface area (Å²) in [5.41, 5.74) is 0.719. The molecule has 7 nitrogen and oxygen atoms in total. The number of carbonyl (C=O) groups is 1. The van der Waals surface area contributed by atoms with Gasteiger partial charge in [0.15, 0.2) is 4.21 Å². The summed E-state index contributed by atoms with van der Waals surface area (Å²) in [6.45, 7) is 6.90. The number of likely N-dealkylation sites (N-methyl/N-ethyl adjacent to an activating group) is 1. The van der Waals surface area contributed by atoms with Gasteiger partial charge in [0, 0.05) is 12.2 Å². The highest BCUT2D eigenvalue weighted by molar-refractivity contribution is 7.94. The molecule has 1 heterocycles. The summed E-state index contributed by atoms with van der Waals surface area (Å²) >= 11 is 1.07. The summed E-state index contributed by atoms with van der Waals surface area (Å²) in [6.07, 6.45) is 0. The van der Waals surface area contributed by atoms with Gasteiger partial charge in [-0.25, -0.2) is 13.2 Å². The molecule has 0 aliphatic heterocycles. The number of nitrogens with zero attached hydrogens (tertiary/aromatic N) is 1. The monoisotopic (exact) mass is 412 g/mol. The van der Waals surface area contributed by atoms with Crippen LogP contribution in [0.5, 0.6) is 5.75 Å². The van der Waals surface area contributed by atoms with Gasteiger partial charge in [-0.2, -0.15) is 0 Å². The molecular formula is C18H24N2O5S2. The van der Waals surface area contributed by atoms with Gasteiger partial charge >= 0.3 is 5.97 Å². The first-order valence-electron chi connectivity index (χ1n) is 8.55. The summed E-state index contributed by atoms with van der Waals surface area (Å²) in [5, 5.41) is 1.64. The Morgan fingerprint density at radius 2 is 1.81 bits per heavy atom. The second-order valence-electron chi connectivity index (χ2n) is 5.62. The van der Waals surface area contributed by atoms with E-state index in [1.165, 1.54) is 31.4 Å².